The molecule has 34 heavy (non-hydrogen) atoms. The summed E-state index contributed by atoms with van der Waals surface area (Å²) in [5.74, 6) is -2.06. The van der Waals surface area contributed by atoms with Crippen LogP contribution in [0.4, 0.5) is 0 Å². The number of aryl methyl sites for hydroxylation is 1. The standard InChI is InChI=1S/C27H25NO6/c1-18-10-12-19(13-11-18)27(32)34-17-16-33-25(29)15-14-24(26(30)31)28-22-8-4-2-6-20(22)21-7-3-5-9-23(21)28/h2-13,24H,14-17H2,1H3,(H,30,31)/t24-/m0/s1. The quantitative estimate of drug-likeness (QED) is 0.282. The summed E-state index contributed by atoms with van der Waals surface area (Å²) in [6.07, 6.45) is -0.0102. The minimum atomic E-state index is -1.02. The lowest BCUT2D eigenvalue weighted by atomic mass is 10.1. The Labute approximate surface area is 196 Å². The average molecular weight is 459 g/mol. The molecule has 0 amide bonds. The number of aliphatic carboxylic acids is 1. The molecule has 1 atom stereocenters. The summed E-state index contributed by atoms with van der Waals surface area (Å²) >= 11 is 0. The third kappa shape index (κ3) is 4.93. The lowest BCUT2D eigenvalue weighted by Crippen LogP contribution is -2.21. The highest BCUT2D eigenvalue weighted by Gasteiger charge is 2.25. The Balaban J connectivity index is 1.36. The van der Waals surface area contributed by atoms with Crippen LogP contribution in [-0.2, 0) is 19.1 Å². The van der Waals surface area contributed by atoms with E-state index in [1.165, 1.54) is 0 Å². The van der Waals surface area contributed by atoms with Gasteiger partial charge in [-0.1, -0.05) is 54.1 Å². The van der Waals surface area contributed by atoms with Gasteiger partial charge in [0.2, 0.25) is 0 Å². The van der Waals surface area contributed by atoms with Gasteiger partial charge in [0, 0.05) is 28.2 Å². The number of carboxylic acids is 1. The smallest absolute Gasteiger partial charge is 0.338 e. The number of hydrogen-bond acceptors (Lipinski definition) is 5. The van der Waals surface area contributed by atoms with Crippen LogP contribution >= 0.6 is 0 Å². The Morgan fingerprint density at radius 1 is 0.824 bits per heavy atom. The van der Waals surface area contributed by atoms with Crippen molar-refractivity contribution in [3.8, 4) is 0 Å². The molecular weight excluding hydrogens is 434 g/mol. The molecule has 0 fully saturated rings. The number of nitrogens with zero attached hydrogens (tertiary/aromatic N) is 1. The normalized spacial score (nSPS) is 11.9. The van der Waals surface area contributed by atoms with Crippen molar-refractivity contribution in [2.45, 2.75) is 25.8 Å². The summed E-state index contributed by atoms with van der Waals surface area (Å²) < 4.78 is 12.0. The van der Waals surface area contributed by atoms with E-state index in [9.17, 15) is 19.5 Å². The number of benzene rings is 3. The van der Waals surface area contributed by atoms with Crippen molar-refractivity contribution in [3.63, 3.8) is 0 Å². The van der Waals surface area contributed by atoms with Crippen LogP contribution in [0.25, 0.3) is 21.8 Å². The van der Waals surface area contributed by atoms with Gasteiger partial charge in [-0.05, 0) is 37.6 Å². The van der Waals surface area contributed by atoms with Crippen molar-refractivity contribution in [3.05, 3.63) is 83.9 Å². The van der Waals surface area contributed by atoms with Gasteiger partial charge in [-0.15, -0.1) is 0 Å². The van der Waals surface area contributed by atoms with Crippen LogP contribution in [0.3, 0.4) is 0 Å². The molecule has 0 aliphatic rings. The second-order valence-corrected chi connectivity index (χ2v) is 8.02. The molecular formula is C27H25NO6. The number of para-hydroxylation sites is 2. The van der Waals surface area contributed by atoms with Crippen LogP contribution in [0.5, 0.6) is 0 Å². The molecule has 0 aliphatic heterocycles. The van der Waals surface area contributed by atoms with E-state index in [0.717, 1.165) is 27.4 Å². The fourth-order valence-corrected chi connectivity index (χ4v) is 4.04. The lowest BCUT2D eigenvalue weighted by molar-refractivity contribution is -0.146. The van der Waals surface area contributed by atoms with Gasteiger partial charge in [-0.3, -0.25) is 4.79 Å². The number of fused-ring (bicyclic) bond motifs is 3. The van der Waals surface area contributed by atoms with Crippen molar-refractivity contribution < 1.29 is 29.0 Å². The van der Waals surface area contributed by atoms with Gasteiger partial charge in [0.15, 0.2) is 0 Å². The molecule has 0 unspecified atom stereocenters. The van der Waals surface area contributed by atoms with Gasteiger partial charge in [0.1, 0.15) is 19.3 Å². The summed E-state index contributed by atoms with van der Waals surface area (Å²) in [5, 5.41) is 11.9. The van der Waals surface area contributed by atoms with Gasteiger partial charge in [0.05, 0.1) is 5.56 Å². The van der Waals surface area contributed by atoms with Gasteiger partial charge >= 0.3 is 17.9 Å². The molecule has 7 nitrogen and oxygen atoms in total. The highest BCUT2D eigenvalue weighted by Crippen LogP contribution is 2.33. The molecule has 3 aromatic carbocycles. The average Bonchev–Trinajstić information content (AvgIpc) is 3.17. The van der Waals surface area contributed by atoms with Crippen molar-refractivity contribution in [2.24, 2.45) is 0 Å². The summed E-state index contributed by atoms with van der Waals surface area (Å²) in [6.45, 7) is 1.75. The van der Waals surface area contributed by atoms with Crippen LogP contribution in [-0.4, -0.2) is 40.8 Å². The Bertz CT molecular complexity index is 1290. The Kier molecular flexibility index (Phi) is 6.92. The maximum absolute atomic E-state index is 12.3. The first-order chi connectivity index (χ1) is 16.5. The van der Waals surface area contributed by atoms with E-state index >= 15 is 0 Å². The number of rotatable bonds is 9. The summed E-state index contributed by atoms with van der Waals surface area (Å²) in [7, 11) is 0. The Morgan fingerprint density at radius 2 is 1.38 bits per heavy atom. The van der Waals surface area contributed by atoms with E-state index in [4.69, 9.17) is 9.47 Å². The van der Waals surface area contributed by atoms with Crippen LogP contribution in [0, 0.1) is 6.92 Å². The zero-order chi connectivity index (χ0) is 24.1. The molecule has 0 radical (unpaired) electrons. The molecule has 0 aliphatic carbocycles. The van der Waals surface area contributed by atoms with Crippen molar-refractivity contribution >= 4 is 39.7 Å². The minimum Gasteiger partial charge on any atom is -0.480 e. The van der Waals surface area contributed by atoms with E-state index in [1.807, 2.05) is 67.6 Å². The number of ether oxygens (including phenoxy) is 2. The number of carbonyl (C=O) groups is 3. The minimum absolute atomic E-state index is 0.0694. The van der Waals surface area contributed by atoms with E-state index in [2.05, 4.69) is 0 Å². The molecule has 0 saturated carbocycles. The van der Waals surface area contributed by atoms with Crippen LogP contribution in [0.15, 0.2) is 72.8 Å². The van der Waals surface area contributed by atoms with Gasteiger partial charge in [-0.2, -0.15) is 0 Å². The second kappa shape index (κ2) is 10.2. The molecule has 0 spiro atoms. The predicted octanol–water partition coefficient (Wildman–Crippen LogP) is 4.91. The summed E-state index contributed by atoms with van der Waals surface area (Å²) in [5.41, 5.74) is 3.05. The molecule has 0 saturated heterocycles. The van der Waals surface area contributed by atoms with Gasteiger partial charge in [0.25, 0.3) is 0 Å². The monoisotopic (exact) mass is 459 g/mol. The molecule has 7 heteroatoms. The fourth-order valence-electron chi connectivity index (χ4n) is 4.04. The van der Waals surface area contributed by atoms with E-state index in [-0.39, 0.29) is 26.1 Å². The zero-order valence-electron chi connectivity index (χ0n) is 18.8. The first-order valence-electron chi connectivity index (χ1n) is 11.1. The number of esters is 2. The predicted molar refractivity (Wildman–Crippen MR) is 128 cm³/mol. The molecule has 4 aromatic rings. The van der Waals surface area contributed by atoms with Crippen molar-refractivity contribution in [2.75, 3.05) is 13.2 Å². The van der Waals surface area contributed by atoms with E-state index < -0.39 is 23.9 Å². The maximum Gasteiger partial charge on any atom is 0.338 e. The Morgan fingerprint density at radius 3 is 1.97 bits per heavy atom. The van der Waals surface area contributed by atoms with E-state index in [1.54, 1.807) is 16.7 Å². The molecule has 4 rings (SSSR count). The van der Waals surface area contributed by atoms with Gasteiger partial charge < -0.3 is 19.1 Å². The third-order valence-corrected chi connectivity index (χ3v) is 5.70. The summed E-state index contributed by atoms with van der Waals surface area (Å²) in [6, 6.07) is 21.3. The fraction of sp³-hybridized carbons (Fsp3) is 0.222. The van der Waals surface area contributed by atoms with E-state index in [0.29, 0.717) is 5.56 Å². The summed E-state index contributed by atoms with van der Waals surface area (Å²) in [4.78, 5) is 36.4. The molecule has 174 valence electrons. The number of carboxylic acid groups (broad SMARTS) is 1. The van der Waals surface area contributed by atoms with Crippen molar-refractivity contribution in [1.29, 1.82) is 0 Å². The lowest BCUT2D eigenvalue weighted by Gasteiger charge is -2.17. The second-order valence-electron chi connectivity index (χ2n) is 8.02. The SMILES string of the molecule is Cc1ccc(C(=O)OCCOC(=O)CC[C@@H](C(=O)O)n2c3ccccc3c3ccccc32)cc1. The zero-order valence-corrected chi connectivity index (χ0v) is 18.8. The van der Waals surface area contributed by atoms with Gasteiger partial charge in [-0.25, -0.2) is 9.59 Å². The molecule has 0 bridgehead atoms. The number of hydrogen-bond donors (Lipinski definition) is 1. The maximum atomic E-state index is 12.3. The number of aromatic nitrogens is 1. The van der Waals surface area contributed by atoms with Crippen molar-refractivity contribution in [1.82, 2.24) is 4.57 Å². The topological polar surface area (TPSA) is 94.8 Å². The largest absolute Gasteiger partial charge is 0.480 e. The molecule has 1 heterocycles. The first kappa shape index (κ1) is 23.0. The molecule has 1 aromatic heterocycles. The van der Waals surface area contributed by atoms with Crippen LogP contribution < -0.4 is 0 Å². The van der Waals surface area contributed by atoms with Crippen LogP contribution in [0.1, 0.15) is 34.8 Å². The van der Waals surface area contributed by atoms with Crippen LogP contribution in [0.2, 0.25) is 0 Å². The highest BCUT2D eigenvalue weighted by molar-refractivity contribution is 6.08. The molecule has 1 N–H and O–H groups in total. The Hall–Kier alpha value is -4.13. The first-order valence-corrected chi connectivity index (χ1v) is 11.1. The number of carbonyl (C=O) groups excluding carboxylic acids is 2. The third-order valence-electron chi connectivity index (χ3n) is 5.70. The highest BCUT2D eigenvalue weighted by atomic mass is 16.6.